The van der Waals surface area contributed by atoms with Gasteiger partial charge in [0.2, 0.25) is 0 Å². The van der Waals surface area contributed by atoms with E-state index < -0.39 is 0 Å². The van der Waals surface area contributed by atoms with Crippen LogP contribution in [0.3, 0.4) is 0 Å². The Morgan fingerprint density at radius 1 is 1.58 bits per heavy atom. The molecule has 0 bridgehead atoms. The average molecular weight is 166 g/mol. The molecule has 0 aliphatic carbocycles. The van der Waals surface area contributed by atoms with Gasteiger partial charge < -0.3 is 0 Å². The number of aldehydes is 1. The third-order valence-electron chi connectivity index (χ3n) is 1.44. The molecule has 0 N–H and O–H groups in total. The van der Waals surface area contributed by atoms with Crippen LogP contribution in [-0.2, 0) is 6.54 Å². The Hall–Kier alpha value is -1.45. The topological polar surface area (TPSA) is 52.0 Å². The number of carbonyl (C=O) groups is 1. The van der Waals surface area contributed by atoms with Crippen LogP contribution in [-0.4, -0.2) is 16.1 Å². The van der Waals surface area contributed by atoms with Crippen molar-refractivity contribution < 1.29 is 4.79 Å². The molecule has 12 heavy (non-hydrogen) atoms. The first-order chi connectivity index (χ1) is 5.77. The van der Waals surface area contributed by atoms with Crippen molar-refractivity contribution in [2.45, 2.75) is 19.9 Å². The van der Waals surface area contributed by atoms with Gasteiger partial charge in [0, 0.05) is 12.6 Å². The van der Waals surface area contributed by atoms with E-state index in [0.717, 1.165) is 6.42 Å². The quantitative estimate of drug-likeness (QED) is 0.613. The third-order valence-corrected chi connectivity index (χ3v) is 1.44. The monoisotopic (exact) mass is 166 g/mol. The first kappa shape index (κ1) is 8.64. The maximum atomic E-state index is 11.1. The summed E-state index contributed by atoms with van der Waals surface area (Å²) in [5, 5.41) is 3.82. The molecular weight excluding hydrogens is 156 g/mol. The van der Waals surface area contributed by atoms with Gasteiger partial charge in [-0.05, 0) is 12.5 Å². The van der Waals surface area contributed by atoms with E-state index in [2.05, 4.69) is 5.10 Å². The molecule has 0 saturated heterocycles. The van der Waals surface area contributed by atoms with Crippen molar-refractivity contribution in [1.29, 1.82) is 0 Å². The molecule has 0 aliphatic rings. The van der Waals surface area contributed by atoms with Gasteiger partial charge in [-0.25, -0.2) is 4.68 Å². The molecule has 0 unspecified atom stereocenters. The number of aryl methyl sites for hydroxylation is 1. The molecule has 0 aromatic carbocycles. The largest absolute Gasteiger partial charge is 0.296 e. The van der Waals surface area contributed by atoms with Crippen molar-refractivity contribution in [2.75, 3.05) is 0 Å². The van der Waals surface area contributed by atoms with Gasteiger partial charge in [-0.2, -0.15) is 5.10 Å². The minimum atomic E-state index is -0.164. The minimum Gasteiger partial charge on any atom is -0.296 e. The Bertz CT molecular complexity index is 330. The van der Waals surface area contributed by atoms with Crippen LogP contribution in [0.15, 0.2) is 16.9 Å². The number of carbonyl (C=O) groups excluding carboxylic acids is 1. The fourth-order valence-electron chi connectivity index (χ4n) is 0.900. The summed E-state index contributed by atoms with van der Waals surface area (Å²) in [5.41, 5.74) is 0.130. The number of nitrogens with zero attached hydrogens (tertiary/aromatic N) is 2. The number of hydrogen-bond donors (Lipinski definition) is 0. The van der Waals surface area contributed by atoms with Crippen molar-refractivity contribution in [3.05, 3.63) is 28.2 Å². The second-order valence-corrected chi connectivity index (χ2v) is 2.44. The summed E-state index contributed by atoms with van der Waals surface area (Å²) in [5.74, 6) is 0. The summed E-state index contributed by atoms with van der Waals surface area (Å²) in [6.45, 7) is 2.50. The van der Waals surface area contributed by atoms with Crippen molar-refractivity contribution in [1.82, 2.24) is 9.78 Å². The first-order valence-corrected chi connectivity index (χ1v) is 3.81. The summed E-state index contributed by atoms with van der Waals surface area (Å²) in [4.78, 5) is 21.4. The van der Waals surface area contributed by atoms with Gasteiger partial charge in [-0.15, -0.1) is 0 Å². The molecule has 1 aromatic heterocycles. The van der Waals surface area contributed by atoms with E-state index in [9.17, 15) is 9.59 Å². The van der Waals surface area contributed by atoms with Crippen LogP contribution in [0.1, 0.15) is 23.8 Å². The van der Waals surface area contributed by atoms with Gasteiger partial charge in [-0.1, -0.05) is 6.92 Å². The van der Waals surface area contributed by atoms with Crippen LogP contribution in [0.25, 0.3) is 0 Å². The molecule has 64 valence electrons. The molecule has 4 heteroatoms. The van der Waals surface area contributed by atoms with Gasteiger partial charge in [0.25, 0.3) is 5.56 Å². The number of rotatable bonds is 3. The Balaban J connectivity index is 3.08. The molecule has 0 saturated carbocycles. The summed E-state index contributed by atoms with van der Waals surface area (Å²) in [7, 11) is 0. The zero-order valence-corrected chi connectivity index (χ0v) is 6.86. The fraction of sp³-hybridized carbons (Fsp3) is 0.375. The van der Waals surface area contributed by atoms with E-state index in [4.69, 9.17) is 0 Å². The van der Waals surface area contributed by atoms with Gasteiger partial charge in [0.1, 0.15) is 5.69 Å². The third kappa shape index (κ3) is 1.78. The van der Waals surface area contributed by atoms with Crippen LogP contribution < -0.4 is 5.56 Å². The first-order valence-electron chi connectivity index (χ1n) is 3.81. The SMILES string of the molecule is CCCn1nc(C=O)ccc1=O. The lowest BCUT2D eigenvalue weighted by Crippen LogP contribution is -2.22. The van der Waals surface area contributed by atoms with Gasteiger partial charge in [0.05, 0.1) is 0 Å². The molecule has 1 rings (SSSR count). The van der Waals surface area contributed by atoms with Gasteiger partial charge in [0.15, 0.2) is 6.29 Å². The Morgan fingerprint density at radius 3 is 2.92 bits per heavy atom. The van der Waals surface area contributed by atoms with E-state index in [1.54, 1.807) is 0 Å². The van der Waals surface area contributed by atoms with Crippen LogP contribution >= 0.6 is 0 Å². The molecule has 0 aliphatic heterocycles. The predicted molar refractivity (Wildman–Crippen MR) is 44.2 cm³/mol. The predicted octanol–water partition coefficient (Wildman–Crippen LogP) is 0.466. The number of hydrogen-bond acceptors (Lipinski definition) is 3. The Morgan fingerprint density at radius 2 is 2.33 bits per heavy atom. The summed E-state index contributed by atoms with van der Waals surface area (Å²) in [6.07, 6.45) is 1.46. The standard InChI is InChI=1S/C8H10N2O2/c1-2-5-10-8(12)4-3-7(6-11)9-10/h3-4,6H,2,5H2,1H3. The Labute approximate surface area is 69.8 Å². The van der Waals surface area contributed by atoms with Gasteiger partial charge in [-0.3, -0.25) is 9.59 Å². The van der Waals surface area contributed by atoms with E-state index >= 15 is 0 Å². The maximum Gasteiger partial charge on any atom is 0.266 e. The molecule has 0 fully saturated rings. The lowest BCUT2D eigenvalue weighted by atomic mass is 10.4. The summed E-state index contributed by atoms with van der Waals surface area (Å²) in [6, 6.07) is 2.77. The highest BCUT2D eigenvalue weighted by molar-refractivity contribution is 5.70. The lowest BCUT2D eigenvalue weighted by Gasteiger charge is -2.00. The second-order valence-electron chi connectivity index (χ2n) is 2.44. The minimum absolute atomic E-state index is 0.164. The Kier molecular flexibility index (Phi) is 2.74. The van der Waals surface area contributed by atoms with Crippen LogP contribution in [0, 0.1) is 0 Å². The van der Waals surface area contributed by atoms with Crippen molar-refractivity contribution in [3.8, 4) is 0 Å². The fourth-order valence-corrected chi connectivity index (χ4v) is 0.900. The molecule has 0 amide bonds. The van der Waals surface area contributed by atoms with E-state index in [-0.39, 0.29) is 5.56 Å². The smallest absolute Gasteiger partial charge is 0.266 e. The van der Waals surface area contributed by atoms with E-state index in [1.165, 1.54) is 16.8 Å². The van der Waals surface area contributed by atoms with Crippen molar-refractivity contribution >= 4 is 6.29 Å². The zero-order valence-electron chi connectivity index (χ0n) is 6.86. The van der Waals surface area contributed by atoms with Crippen molar-refractivity contribution in [3.63, 3.8) is 0 Å². The normalized spacial score (nSPS) is 9.75. The van der Waals surface area contributed by atoms with E-state index in [0.29, 0.717) is 18.5 Å². The van der Waals surface area contributed by atoms with Crippen LogP contribution in [0.5, 0.6) is 0 Å². The number of aromatic nitrogens is 2. The summed E-state index contributed by atoms with van der Waals surface area (Å²) < 4.78 is 1.30. The van der Waals surface area contributed by atoms with Crippen molar-refractivity contribution in [2.24, 2.45) is 0 Å². The van der Waals surface area contributed by atoms with Crippen LogP contribution in [0.2, 0.25) is 0 Å². The molecule has 0 spiro atoms. The average Bonchev–Trinajstić information content (AvgIpc) is 2.09. The second kappa shape index (κ2) is 3.80. The van der Waals surface area contributed by atoms with Crippen LogP contribution in [0.4, 0.5) is 0 Å². The highest BCUT2D eigenvalue weighted by atomic mass is 16.1. The molecule has 1 aromatic rings. The molecule has 0 atom stereocenters. The zero-order chi connectivity index (χ0) is 8.97. The van der Waals surface area contributed by atoms with E-state index in [1.807, 2.05) is 6.92 Å². The highest BCUT2D eigenvalue weighted by Crippen LogP contribution is 1.86. The lowest BCUT2D eigenvalue weighted by molar-refractivity contribution is 0.111. The maximum absolute atomic E-state index is 11.1. The highest BCUT2D eigenvalue weighted by Gasteiger charge is 1.97. The summed E-state index contributed by atoms with van der Waals surface area (Å²) >= 11 is 0. The molecule has 0 radical (unpaired) electrons. The molecular formula is C8H10N2O2. The van der Waals surface area contributed by atoms with Gasteiger partial charge >= 0.3 is 0 Å². The molecule has 4 nitrogen and oxygen atoms in total. The molecule has 1 heterocycles.